The summed E-state index contributed by atoms with van der Waals surface area (Å²) >= 11 is 5.02. The predicted octanol–water partition coefficient (Wildman–Crippen LogP) is 6.73. The van der Waals surface area contributed by atoms with Gasteiger partial charge in [0, 0.05) is 0 Å². The number of halogens is 3. The van der Waals surface area contributed by atoms with Crippen molar-refractivity contribution in [1.29, 1.82) is 0 Å². The van der Waals surface area contributed by atoms with Crippen LogP contribution in [-0.2, 0) is 15.3 Å². The molecule has 3 N–H and O–H groups in total. The van der Waals surface area contributed by atoms with Crippen molar-refractivity contribution in [3.63, 3.8) is 0 Å². The molecule has 1 aromatic carbocycles. The Morgan fingerprint density at radius 1 is 1.09 bits per heavy atom. The molecule has 0 fully saturated rings. The summed E-state index contributed by atoms with van der Waals surface area (Å²) in [6.07, 6.45) is -5.14. The zero-order chi connectivity index (χ0) is 25.8. The molecule has 0 saturated heterocycles. The number of alkyl carbamates (subject to hydrolysis) is 1. The zero-order valence-corrected chi connectivity index (χ0v) is 22.5. The van der Waals surface area contributed by atoms with Crippen LogP contribution in [0.5, 0.6) is 0 Å². The minimum atomic E-state index is -4.45. The average molecular weight is 507 g/mol. The van der Waals surface area contributed by atoms with Gasteiger partial charge in [-0.15, -0.1) is 0 Å². The molecule has 188 valence electrons. The number of alkyl halides is 3. The highest BCUT2D eigenvalue weighted by atomic mass is 32.1. The van der Waals surface area contributed by atoms with E-state index in [0.29, 0.717) is 18.4 Å². The SMILES string of the molecule is CC(C)(C)OC(=O)NC(CCC(N)=S)[C@@H](O[Si](C)(C)C(C)(C)C)c1ccc(C(F)(F)F)cc1. The Morgan fingerprint density at radius 2 is 1.61 bits per heavy atom. The fraction of sp³-hybridized carbons (Fsp3) is 0.652. The Labute approximate surface area is 201 Å². The van der Waals surface area contributed by atoms with Crippen LogP contribution in [0.2, 0.25) is 18.1 Å². The van der Waals surface area contributed by atoms with E-state index in [2.05, 4.69) is 26.1 Å². The van der Waals surface area contributed by atoms with Gasteiger partial charge in [-0.2, -0.15) is 13.2 Å². The van der Waals surface area contributed by atoms with Crippen molar-refractivity contribution in [2.45, 2.75) is 96.4 Å². The summed E-state index contributed by atoms with van der Waals surface area (Å²) in [6, 6.07) is 4.22. The van der Waals surface area contributed by atoms with Crippen molar-refractivity contribution in [2.24, 2.45) is 5.73 Å². The number of amides is 1. The molecular weight excluding hydrogens is 469 g/mol. The van der Waals surface area contributed by atoms with Gasteiger partial charge in [-0.25, -0.2) is 4.79 Å². The first-order valence-corrected chi connectivity index (χ1v) is 14.2. The monoisotopic (exact) mass is 506 g/mol. The highest BCUT2D eigenvalue weighted by Crippen LogP contribution is 2.41. The number of hydrogen-bond acceptors (Lipinski definition) is 4. The number of carbonyl (C=O) groups is 1. The van der Waals surface area contributed by atoms with E-state index in [1.165, 1.54) is 12.1 Å². The molecule has 1 unspecified atom stereocenters. The number of hydrogen-bond donors (Lipinski definition) is 2. The normalized spacial score (nSPS) is 15.0. The summed E-state index contributed by atoms with van der Waals surface area (Å²) in [5.41, 5.74) is 4.76. The topological polar surface area (TPSA) is 73.6 Å². The molecule has 0 saturated carbocycles. The van der Waals surface area contributed by atoms with E-state index in [0.717, 1.165) is 12.1 Å². The van der Waals surface area contributed by atoms with Gasteiger partial charge in [-0.05, 0) is 69.4 Å². The van der Waals surface area contributed by atoms with Gasteiger partial charge in [-0.3, -0.25) is 0 Å². The summed E-state index contributed by atoms with van der Waals surface area (Å²) in [5, 5.41) is 2.68. The van der Waals surface area contributed by atoms with Gasteiger partial charge >= 0.3 is 12.3 Å². The van der Waals surface area contributed by atoms with Crippen LogP contribution in [0.4, 0.5) is 18.0 Å². The first kappa shape index (κ1) is 29.4. The molecule has 1 amide bonds. The van der Waals surface area contributed by atoms with Crippen molar-refractivity contribution in [1.82, 2.24) is 5.32 Å². The zero-order valence-electron chi connectivity index (χ0n) is 20.7. The van der Waals surface area contributed by atoms with Crippen LogP contribution < -0.4 is 11.1 Å². The lowest BCUT2D eigenvalue weighted by atomic mass is 9.97. The number of rotatable bonds is 8. The largest absolute Gasteiger partial charge is 0.444 e. The Morgan fingerprint density at radius 3 is 2.00 bits per heavy atom. The highest BCUT2D eigenvalue weighted by molar-refractivity contribution is 7.80. The molecular formula is C23H37F3N2O3SSi. The summed E-state index contributed by atoms with van der Waals surface area (Å²) in [7, 11) is -2.40. The van der Waals surface area contributed by atoms with Gasteiger partial charge in [0.15, 0.2) is 8.32 Å². The first-order chi connectivity index (χ1) is 14.7. The molecule has 0 bridgehead atoms. The van der Waals surface area contributed by atoms with Crippen molar-refractivity contribution in [3.05, 3.63) is 35.4 Å². The second kappa shape index (κ2) is 10.7. The standard InChI is InChI=1S/C23H37F3N2O3SSi/c1-21(2,3)30-20(29)28-17(13-14-18(27)32)19(31-33(7,8)22(4,5)6)15-9-11-16(12-10-15)23(24,25)26/h9-12,17,19H,13-14H2,1-8H3,(H2,27,32)(H,28,29)/t17?,19-/m0/s1. The van der Waals surface area contributed by atoms with Gasteiger partial charge in [0.05, 0.1) is 22.7 Å². The fourth-order valence-corrected chi connectivity index (χ4v) is 4.20. The quantitative estimate of drug-likeness (QED) is 0.302. The van der Waals surface area contributed by atoms with Crippen LogP contribution in [0.1, 0.15) is 71.6 Å². The lowest BCUT2D eigenvalue weighted by Crippen LogP contribution is -2.49. The van der Waals surface area contributed by atoms with E-state index in [9.17, 15) is 18.0 Å². The molecule has 10 heteroatoms. The van der Waals surface area contributed by atoms with Crippen LogP contribution in [0.25, 0.3) is 0 Å². The van der Waals surface area contributed by atoms with E-state index in [1.807, 2.05) is 13.1 Å². The molecule has 0 heterocycles. The van der Waals surface area contributed by atoms with Gasteiger partial charge in [0.25, 0.3) is 0 Å². The van der Waals surface area contributed by atoms with Crippen LogP contribution in [0.3, 0.4) is 0 Å². The molecule has 0 spiro atoms. The maximum absolute atomic E-state index is 13.1. The van der Waals surface area contributed by atoms with Crippen molar-refractivity contribution < 1.29 is 27.1 Å². The summed E-state index contributed by atoms with van der Waals surface area (Å²) in [4.78, 5) is 12.9. The van der Waals surface area contributed by atoms with Gasteiger partial charge in [0.2, 0.25) is 0 Å². The third-order valence-corrected chi connectivity index (χ3v) is 10.2. The van der Waals surface area contributed by atoms with E-state index in [1.54, 1.807) is 20.8 Å². The molecule has 0 radical (unpaired) electrons. The molecule has 0 aromatic heterocycles. The molecule has 1 aromatic rings. The van der Waals surface area contributed by atoms with E-state index in [4.69, 9.17) is 27.1 Å². The molecule has 5 nitrogen and oxygen atoms in total. The smallest absolute Gasteiger partial charge is 0.416 e. The second-order valence-electron chi connectivity index (χ2n) is 10.7. The number of nitrogens with one attached hydrogen (secondary N) is 1. The number of benzene rings is 1. The predicted molar refractivity (Wildman–Crippen MR) is 132 cm³/mol. The van der Waals surface area contributed by atoms with E-state index in [-0.39, 0.29) is 10.0 Å². The molecule has 2 atom stereocenters. The molecule has 1 rings (SSSR count). The van der Waals surface area contributed by atoms with Crippen molar-refractivity contribution in [2.75, 3.05) is 0 Å². The van der Waals surface area contributed by atoms with Crippen molar-refractivity contribution in [3.8, 4) is 0 Å². The van der Waals surface area contributed by atoms with Crippen LogP contribution >= 0.6 is 12.2 Å². The fourth-order valence-electron chi connectivity index (χ4n) is 2.79. The molecule has 0 aliphatic heterocycles. The third kappa shape index (κ3) is 9.62. The molecule has 0 aliphatic rings. The van der Waals surface area contributed by atoms with Crippen LogP contribution in [-0.4, -0.2) is 31.0 Å². The summed E-state index contributed by atoms with van der Waals surface area (Å²) < 4.78 is 51.4. The van der Waals surface area contributed by atoms with E-state index >= 15 is 0 Å². The van der Waals surface area contributed by atoms with Crippen molar-refractivity contribution >= 4 is 31.6 Å². The average Bonchev–Trinajstić information content (AvgIpc) is 2.60. The Bertz CT molecular complexity index is 816. The summed E-state index contributed by atoms with van der Waals surface area (Å²) in [6.45, 7) is 15.5. The highest BCUT2D eigenvalue weighted by Gasteiger charge is 2.42. The Balaban J connectivity index is 3.44. The minimum absolute atomic E-state index is 0.170. The number of nitrogens with two attached hydrogens (primary N) is 1. The number of thiocarbonyl (C=S) groups is 1. The van der Waals surface area contributed by atoms with Crippen LogP contribution in [0.15, 0.2) is 24.3 Å². The maximum Gasteiger partial charge on any atom is 0.416 e. The molecule has 33 heavy (non-hydrogen) atoms. The van der Waals surface area contributed by atoms with E-state index < -0.39 is 43.9 Å². The number of carbonyl (C=O) groups excluding carboxylic acids is 1. The van der Waals surface area contributed by atoms with Gasteiger partial charge < -0.3 is 20.2 Å². The Hall–Kier alpha value is -1.65. The van der Waals surface area contributed by atoms with Crippen LogP contribution in [0, 0.1) is 0 Å². The third-order valence-electron chi connectivity index (χ3n) is 5.56. The molecule has 0 aliphatic carbocycles. The second-order valence-corrected chi connectivity index (χ2v) is 16.0. The van der Waals surface area contributed by atoms with Gasteiger partial charge in [-0.1, -0.05) is 45.1 Å². The Kier molecular flexibility index (Phi) is 9.56. The maximum atomic E-state index is 13.1. The lowest BCUT2D eigenvalue weighted by molar-refractivity contribution is -0.137. The summed E-state index contributed by atoms with van der Waals surface area (Å²) in [5.74, 6) is 0. The number of ether oxygens (including phenoxy) is 1. The lowest BCUT2D eigenvalue weighted by Gasteiger charge is -2.42. The first-order valence-electron chi connectivity index (χ1n) is 10.9. The minimum Gasteiger partial charge on any atom is -0.444 e. The van der Waals surface area contributed by atoms with Gasteiger partial charge in [0.1, 0.15) is 5.60 Å².